The van der Waals surface area contributed by atoms with Crippen LogP contribution in [0.2, 0.25) is 0 Å². The number of unbranched alkanes of at least 4 members (excludes halogenated alkanes) is 2. The van der Waals surface area contributed by atoms with Gasteiger partial charge in [-0.2, -0.15) is 0 Å². The molecule has 0 aliphatic heterocycles. The second kappa shape index (κ2) is 22.0. The van der Waals surface area contributed by atoms with E-state index in [2.05, 4.69) is 51.3 Å². The van der Waals surface area contributed by atoms with E-state index in [1.165, 1.54) is 25.7 Å². The van der Waals surface area contributed by atoms with Gasteiger partial charge in [-0.25, -0.2) is 0 Å². The molecule has 0 aromatic heterocycles. The van der Waals surface area contributed by atoms with Crippen LogP contribution in [0.25, 0.3) is 0 Å². The molecule has 19 heavy (non-hydrogen) atoms. The molecule has 0 fully saturated rings. The first-order valence-corrected chi connectivity index (χ1v) is 10.7. The fraction of sp³-hybridized carbons (Fsp3) is 1.00. The summed E-state index contributed by atoms with van der Waals surface area (Å²) < 4.78 is 0. The number of hydrogen-bond acceptors (Lipinski definition) is 2. The molecule has 0 aromatic carbocycles. The SMILES string of the molecule is CCCC.CCCC.OP(O)(O)=S.OP(O)(O)=S.[Zn]. The van der Waals surface area contributed by atoms with Crippen LogP contribution in [0.1, 0.15) is 53.4 Å². The molecule has 11 heteroatoms. The van der Waals surface area contributed by atoms with Crippen LogP contribution in [0.4, 0.5) is 0 Å². The maximum absolute atomic E-state index is 7.56. The summed E-state index contributed by atoms with van der Waals surface area (Å²) in [6.07, 6.45) is 5.28. The first-order chi connectivity index (χ1) is 7.83. The summed E-state index contributed by atoms with van der Waals surface area (Å²) in [5.74, 6) is 0. The monoisotopic (exact) mass is 408 g/mol. The molecule has 0 atom stereocenters. The summed E-state index contributed by atoms with van der Waals surface area (Å²) in [6.45, 7) is 1.11. The van der Waals surface area contributed by atoms with E-state index < -0.39 is 13.4 Å². The van der Waals surface area contributed by atoms with Gasteiger partial charge in [-0.15, -0.1) is 0 Å². The van der Waals surface area contributed by atoms with E-state index in [4.69, 9.17) is 29.4 Å². The molecular formula is C8H26O6P2S2Zn. The van der Waals surface area contributed by atoms with Crippen LogP contribution in [-0.2, 0) is 43.1 Å². The molecule has 0 heterocycles. The molecule has 0 aliphatic rings. The van der Waals surface area contributed by atoms with E-state index in [1.54, 1.807) is 0 Å². The maximum atomic E-state index is 7.56. The third-order valence-electron chi connectivity index (χ3n) is 1.000. The van der Waals surface area contributed by atoms with Crippen molar-refractivity contribution < 1.29 is 48.8 Å². The Labute approximate surface area is 139 Å². The van der Waals surface area contributed by atoms with Gasteiger partial charge in [0.05, 0.1) is 0 Å². The van der Waals surface area contributed by atoms with E-state index >= 15 is 0 Å². The molecule has 0 radical (unpaired) electrons. The van der Waals surface area contributed by atoms with Crippen molar-refractivity contribution in [2.24, 2.45) is 0 Å². The quantitative estimate of drug-likeness (QED) is 0.302. The fourth-order valence-corrected chi connectivity index (χ4v) is 0. The summed E-state index contributed by atoms with van der Waals surface area (Å²) in [5.41, 5.74) is 0. The van der Waals surface area contributed by atoms with Crippen molar-refractivity contribution in [1.82, 2.24) is 0 Å². The van der Waals surface area contributed by atoms with Gasteiger partial charge in [0.25, 0.3) is 0 Å². The molecule has 6 nitrogen and oxygen atoms in total. The Balaban J connectivity index is -0.0000000453. The van der Waals surface area contributed by atoms with Gasteiger partial charge < -0.3 is 29.4 Å². The van der Waals surface area contributed by atoms with Crippen LogP contribution in [0.5, 0.6) is 0 Å². The first-order valence-electron chi connectivity index (χ1n) is 5.39. The topological polar surface area (TPSA) is 121 Å². The molecule has 0 aromatic rings. The molecule has 0 rings (SSSR count). The Morgan fingerprint density at radius 1 is 0.579 bits per heavy atom. The van der Waals surface area contributed by atoms with Crippen molar-refractivity contribution in [1.29, 1.82) is 0 Å². The van der Waals surface area contributed by atoms with Crippen molar-refractivity contribution in [3.05, 3.63) is 0 Å². The summed E-state index contributed by atoms with van der Waals surface area (Å²) in [5, 5.41) is 0. The standard InChI is InChI=1S/2C4H10.2H3O3PS.Zn/c2*1-3-4-2;2*1-4(2,3)5;/h2*3-4H2,1-2H3;2*(H3,1,2,3,5);. The molecule has 0 amide bonds. The van der Waals surface area contributed by atoms with Gasteiger partial charge in [0.15, 0.2) is 0 Å². The molecule has 118 valence electrons. The summed E-state index contributed by atoms with van der Waals surface area (Å²) in [4.78, 5) is 45.3. The van der Waals surface area contributed by atoms with E-state index in [0.29, 0.717) is 0 Å². The van der Waals surface area contributed by atoms with Crippen molar-refractivity contribution in [3.63, 3.8) is 0 Å². The predicted octanol–water partition coefficient (Wildman–Crippen LogP) is 1.99. The van der Waals surface area contributed by atoms with Gasteiger partial charge in [0.1, 0.15) is 0 Å². The Morgan fingerprint density at radius 3 is 0.632 bits per heavy atom. The van der Waals surface area contributed by atoms with E-state index in [0.717, 1.165) is 0 Å². The largest absolute Gasteiger partial charge is 0.325 e. The smallest absolute Gasteiger partial charge is 0.319 e. The summed E-state index contributed by atoms with van der Waals surface area (Å²) in [7, 11) is 0. The second-order valence-corrected chi connectivity index (χ2v) is 8.02. The van der Waals surface area contributed by atoms with Crippen LogP contribution in [-0.4, -0.2) is 29.4 Å². The maximum Gasteiger partial charge on any atom is 0.319 e. The van der Waals surface area contributed by atoms with Crippen LogP contribution >= 0.6 is 13.4 Å². The van der Waals surface area contributed by atoms with Crippen LogP contribution in [0.15, 0.2) is 0 Å². The molecule has 0 spiro atoms. The minimum absolute atomic E-state index is 0. The predicted molar refractivity (Wildman–Crippen MR) is 83.0 cm³/mol. The first kappa shape index (κ1) is 32.6. The minimum atomic E-state index is -3.81. The zero-order valence-electron chi connectivity index (χ0n) is 11.9. The summed E-state index contributed by atoms with van der Waals surface area (Å²) in [6, 6.07) is 0. The van der Waals surface area contributed by atoms with E-state index in [1.807, 2.05) is 0 Å². The summed E-state index contributed by atoms with van der Waals surface area (Å²) >= 11 is 7.21. The molecule has 6 N–H and O–H groups in total. The van der Waals surface area contributed by atoms with Gasteiger partial charge in [-0.05, 0) is 23.6 Å². The second-order valence-electron chi connectivity index (χ2n) is 3.03. The average molecular weight is 410 g/mol. The molecule has 0 saturated heterocycles. The van der Waals surface area contributed by atoms with Crippen molar-refractivity contribution in [2.75, 3.05) is 0 Å². The Morgan fingerprint density at radius 2 is 0.632 bits per heavy atom. The number of rotatable bonds is 2. The van der Waals surface area contributed by atoms with E-state index in [-0.39, 0.29) is 19.5 Å². The van der Waals surface area contributed by atoms with Crippen molar-refractivity contribution >= 4 is 37.1 Å². The molecule has 0 aliphatic carbocycles. The van der Waals surface area contributed by atoms with E-state index in [9.17, 15) is 0 Å². The zero-order valence-corrected chi connectivity index (χ0v) is 18.3. The third-order valence-corrected chi connectivity index (χ3v) is 1.000. The van der Waals surface area contributed by atoms with Crippen LogP contribution < -0.4 is 0 Å². The Bertz CT molecular complexity index is 189. The zero-order chi connectivity index (χ0) is 15.8. The third kappa shape index (κ3) is 454. The van der Waals surface area contributed by atoms with Gasteiger partial charge in [-0.1, -0.05) is 53.4 Å². The van der Waals surface area contributed by atoms with Crippen molar-refractivity contribution in [2.45, 2.75) is 53.4 Å². The normalized spacial score (nSPS) is 9.37. The van der Waals surface area contributed by atoms with Crippen molar-refractivity contribution in [3.8, 4) is 0 Å². The molecule has 0 saturated carbocycles. The van der Waals surface area contributed by atoms with Gasteiger partial charge in [0, 0.05) is 19.5 Å². The van der Waals surface area contributed by atoms with Crippen LogP contribution in [0.3, 0.4) is 0 Å². The van der Waals surface area contributed by atoms with Gasteiger partial charge in [-0.3, -0.25) is 0 Å². The Hall–Kier alpha value is 1.68. The Kier molecular flexibility index (Phi) is 37.7. The molecular weight excluding hydrogens is 384 g/mol. The van der Waals surface area contributed by atoms with Gasteiger partial charge >= 0.3 is 13.4 Å². The van der Waals surface area contributed by atoms with Crippen LogP contribution in [0, 0.1) is 0 Å². The minimum Gasteiger partial charge on any atom is -0.325 e. The average Bonchev–Trinajstić information content (AvgIpc) is 2.12. The molecule has 0 bridgehead atoms. The molecule has 0 unspecified atom stereocenters. The number of hydrogen-bond donors (Lipinski definition) is 6. The fourth-order valence-electron chi connectivity index (χ4n) is 0. The van der Waals surface area contributed by atoms with Gasteiger partial charge in [0.2, 0.25) is 0 Å².